The molecule has 7 heterocycles. The van der Waals surface area contributed by atoms with Crippen LogP contribution in [0.1, 0.15) is 122 Å². The third kappa shape index (κ3) is 19.5. The van der Waals surface area contributed by atoms with Gasteiger partial charge in [-0.3, -0.25) is 37.7 Å². The number of nitrogens with one attached hydrogen (secondary N) is 8. The number of aliphatic carboxylic acids is 1. The van der Waals surface area contributed by atoms with Crippen molar-refractivity contribution in [2.24, 2.45) is 11.7 Å². The Bertz CT molecular complexity index is 5100. The Balaban J connectivity index is 1.17. The van der Waals surface area contributed by atoms with Gasteiger partial charge in [0.25, 0.3) is 10.1 Å². The molecule has 7 aliphatic rings. The van der Waals surface area contributed by atoms with Gasteiger partial charge in [0.05, 0.1) is 45.7 Å². The van der Waals surface area contributed by atoms with Crippen LogP contribution in [0.2, 0.25) is 10.0 Å². The minimum absolute atomic E-state index is 0.137. The molecular formula is C79H89Cl2N9O28S. The summed E-state index contributed by atoms with van der Waals surface area (Å²) >= 11 is 14.3. The van der Waals surface area contributed by atoms with Crippen molar-refractivity contribution >= 4 is 86.7 Å². The van der Waals surface area contributed by atoms with Gasteiger partial charge in [-0.05, 0) is 142 Å². The topological polar surface area (TPSA) is 566 Å². The van der Waals surface area contributed by atoms with Gasteiger partial charge in [0.15, 0.2) is 29.9 Å². The number of rotatable bonds is 19. The van der Waals surface area contributed by atoms with Gasteiger partial charge in [-0.15, -0.1) is 0 Å². The Morgan fingerprint density at radius 3 is 1.92 bits per heavy atom. The summed E-state index contributed by atoms with van der Waals surface area (Å²) in [6.45, 7) is 13.3. The summed E-state index contributed by atoms with van der Waals surface area (Å²) in [4.78, 5) is 131. The number of amides is 8. The lowest BCUT2D eigenvalue weighted by atomic mass is 9.85. The van der Waals surface area contributed by atoms with Crippen LogP contribution in [-0.4, -0.2) is 207 Å². The number of aromatic hydroxyl groups is 3. The first-order chi connectivity index (χ1) is 56.1. The summed E-state index contributed by atoms with van der Waals surface area (Å²) in [5.41, 5.74) is 2.12. The molecule has 0 spiro atoms. The van der Waals surface area contributed by atoms with Crippen LogP contribution in [0.4, 0.5) is 4.79 Å². The summed E-state index contributed by atoms with van der Waals surface area (Å²) in [6, 6.07) is 1.55. The molecule has 37 nitrogen and oxygen atoms in total. The molecule has 638 valence electrons. The Kier molecular flexibility index (Phi) is 27.1. The van der Waals surface area contributed by atoms with Crippen LogP contribution in [0.25, 0.3) is 11.1 Å². The molecule has 0 aromatic heterocycles. The number of halogens is 2. The van der Waals surface area contributed by atoms with E-state index in [0.717, 1.165) is 72.8 Å². The molecule has 2 saturated heterocycles. The molecule has 11 bridgehead atoms. The molecule has 7 aliphatic heterocycles. The van der Waals surface area contributed by atoms with Crippen molar-refractivity contribution in [1.29, 1.82) is 0 Å². The summed E-state index contributed by atoms with van der Waals surface area (Å²) in [6.07, 6.45) is -21.0. The van der Waals surface area contributed by atoms with E-state index in [1.165, 1.54) is 46.9 Å². The lowest BCUT2D eigenvalue weighted by Gasteiger charge is -2.48. The van der Waals surface area contributed by atoms with E-state index in [1.807, 2.05) is 0 Å². The van der Waals surface area contributed by atoms with Crippen molar-refractivity contribution < 1.29 is 135 Å². The van der Waals surface area contributed by atoms with E-state index in [2.05, 4.69) is 49.1 Å². The number of primary amides is 1. The zero-order valence-electron chi connectivity index (χ0n) is 64.9. The van der Waals surface area contributed by atoms with Crippen LogP contribution in [-0.2, 0) is 71.6 Å². The first-order valence-electron chi connectivity index (χ1n) is 37.2. The second kappa shape index (κ2) is 36.3. The highest BCUT2D eigenvalue weighted by Crippen LogP contribution is 2.50. The number of aliphatic hydroxyl groups excluding tert-OH is 5. The van der Waals surface area contributed by atoms with Crippen LogP contribution in [0, 0.1) is 26.7 Å². The number of aryl methyl sites for hydroxylation is 3. The van der Waals surface area contributed by atoms with Gasteiger partial charge in [-0.25, -0.2) is 9.59 Å². The van der Waals surface area contributed by atoms with Crippen molar-refractivity contribution in [2.75, 3.05) is 20.3 Å². The highest BCUT2D eigenvalue weighted by molar-refractivity contribution is 7.86. The quantitative estimate of drug-likeness (QED) is 0.0408. The maximum absolute atomic E-state index is 16.3. The van der Waals surface area contributed by atoms with Gasteiger partial charge in [0, 0.05) is 29.2 Å². The number of likely N-dealkylation sites (N-methyl/N-ethyl adjacent to an activating group) is 1. The first-order valence-corrected chi connectivity index (χ1v) is 39.3. The predicted molar refractivity (Wildman–Crippen MR) is 416 cm³/mol. The molecule has 8 amide bonds. The number of benzene rings is 6. The van der Waals surface area contributed by atoms with Crippen LogP contribution in [0.5, 0.6) is 46.0 Å². The van der Waals surface area contributed by atoms with Gasteiger partial charge in [0.1, 0.15) is 102 Å². The number of alkyl carbamates (subject to hydrolysis) is 1. The number of carbonyl (C=O) groups excluding carboxylic acids is 8. The summed E-state index contributed by atoms with van der Waals surface area (Å²) in [7, 11) is -3.35. The van der Waals surface area contributed by atoms with Crippen molar-refractivity contribution in [3.63, 3.8) is 0 Å². The van der Waals surface area contributed by atoms with E-state index >= 15 is 24.0 Å². The maximum Gasteiger partial charge on any atom is 0.407 e. The Morgan fingerprint density at radius 2 is 1.33 bits per heavy atom. The molecule has 40 heteroatoms. The molecule has 19 N–H and O–H groups in total. The van der Waals surface area contributed by atoms with E-state index in [4.69, 9.17) is 66.3 Å². The normalized spacial score (nSPS) is 26.8. The number of carbonyl (C=O) groups is 9. The molecule has 2 fully saturated rings. The Labute approximate surface area is 689 Å². The van der Waals surface area contributed by atoms with Crippen LogP contribution < -0.4 is 62.5 Å². The monoisotopic (exact) mass is 1710 g/mol. The molecule has 18 atom stereocenters. The SMILES string of the molecule is C=CCOC(=O)NC1(C)CC(OC2C(Oc3c4cc5cc3Oc3ccc(cc3Cl)[C@@H](O)[C@@H](NC(=O)[C@@H](CC(C)C)NC)C(=O)N[C@@H](CC(N)=O)C(=O)N[C@H]5C(=O)NC3C(=O)N[C@H](C(=O)N[C@@H](C(=O)O)c5cc(O)cc(O)c5-c5cc3ccc5O)[C@H](O)c3ccc(c(Cl)c3)O4)OC(COS(=O)(=O)c3c(C)cc(C)cc3C)C(O)C2O)OC(C)C1O. The number of fused-ring (bicyclic) bond motifs is 15. The number of phenolic OH excluding ortho intramolecular Hbond substituents is 3. The fourth-order valence-corrected chi connectivity index (χ4v) is 16.5. The third-order valence-electron chi connectivity index (χ3n) is 20.5. The number of carboxylic acid groups (broad SMARTS) is 1. The van der Waals surface area contributed by atoms with Gasteiger partial charge in [0.2, 0.25) is 53.4 Å². The minimum Gasteiger partial charge on any atom is -0.508 e. The standard InChI is InChI=1S/C79H89Cl2N9O28S/c1-10-17-111-78(108)90-79(8)29-55(113-35(7)69(79)99)117-67-65(98)64(97)53(30-112-119(109,110)68-33(5)19-32(4)20-34(68)6)116-77(67)118-66-51-24-39-25-52(66)115-50-16-13-38(23-44(50)81)63(96)61-75(105)87-59(76(106)107)42-26-40(91)27-48(93)56(42)41-21-36(11-14-47(41)92)57(72(102)89-61)86-73(103)58(39)85-71(101)46(28-54(82)94)84-74(104)60(88-70(100)45(83-9)18-31(2)3)62(95)37-12-15-49(114-51)43(80)22-37/h10-16,19-27,31,35,45-46,53,55,57-65,67,69,77,83,91-93,95-99H,1,17-18,28-30H2,2-9H3,(H2,82,94)(H,84,104)(H,85,101)(H,86,103)(H,87,105)(H,88,100)(H,89,102)(H,90,108)(H,106,107)/t35?,45-,46+,53?,55?,57?,58-,59-,60-,61+,62-,63-,64?,65?,67?,69?,77?,79?/m1/s1. The Hall–Kier alpha value is -11.0. The maximum atomic E-state index is 16.3. The summed E-state index contributed by atoms with van der Waals surface area (Å²) < 4.78 is 79.0. The molecule has 0 radical (unpaired) electrons. The van der Waals surface area contributed by atoms with Crippen molar-refractivity contribution in [1.82, 2.24) is 42.5 Å². The predicted octanol–water partition coefficient (Wildman–Crippen LogP) is 3.40. The fraction of sp³-hybridized carbons (Fsp3) is 0.405. The van der Waals surface area contributed by atoms with Crippen LogP contribution in [0.3, 0.4) is 0 Å². The van der Waals surface area contributed by atoms with E-state index in [9.17, 15) is 73.6 Å². The van der Waals surface area contributed by atoms with Crippen molar-refractivity contribution in [3.05, 3.63) is 158 Å². The number of phenols is 3. The number of ether oxygens (including phenoxy) is 7. The van der Waals surface area contributed by atoms with Gasteiger partial charge in [-0.2, -0.15) is 8.42 Å². The number of hydrogen-bond acceptors (Lipinski definition) is 28. The summed E-state index contributed by atoms with van der Waals surface area (Å²) in [5.74, 6) is -17.0. The van der Waals surface area contributed by atoms with Gasteiger partial charge < -0.3 is 127 Å². The number of aliphatic hydroxyl groups is 5. The highest BCUT2D eigenvalue weighted by Gasteiger charge is 2.53. The molecule has 119 heavy (non-hydrogen) atoms. The molecule has 0 aliphatic carbocycles. The molecule has 10 unspecified atom stereocenters. The van der Waals surface area contributed by atoms with Gasteiger partial charge >= 0.3 is 12.1 Å². The zero-order chi connectivity index (χ0) is 86.9. The Morgan fingerprint density at radius 1 is 0.723 bits per heavy atom. The van der Waals surface area contributed by atoms with E-state index in [0.29, 0.717) is 5.56 Å². The minimum atomic E-state index is -4.81. The number of carboxylic acids is 1. The zero-order valence-corrected chi connectivity index (χ0v) is 67.2. The van der Waals surface area contributed by atoms with Crippen molar-refractivity contribution in [3.8, 4) is 57.1 Å². The lowest BCUT2D eigenvalue weighted by Crippen LogP contribution is -2.66. The first kappa shape index (κ1) is 88.8. The highest BCUT2D eigenvalue weighted by atomic mass is 35.5. The van der Waals surface area contributed by atoms with E-state index in [1.54, 1.807) is 32.9 Å². The van der Waals surface area contributed by atoms with Crippen LogP contribution >= 0.6 is 23.2 Å². The van der Waals surface area contributed by atoms with Crippen LogP contribution in [0.15, 0.2) is 109 Å². The summed E-state index contributed by atoms with van der Waals surface area (Å²) in [5, 5.41) is 125. The van der Waals surface area contributed by atoms with E-state index < -0.39 is 276 Å². The number of nitrogens with two attached hydrogens (primary N) is 1. The largest absolute Gasteiger partial charge is 0.508 e. The number of hydrogen-bond donors (Lipinski definition) is 18. The third-order valence-corrected chi connectivity index (χ3v) is 22.7. The average molecular weight is 1720 g/mol. The average Bonchev–Trinajstić information content (AvgIpc) is 0.760. The second-order valence-corrected chi connectivity index (χ2v) is 32.3. The smallest absolute Gasteiger partial charge is 0.407 e. The fourth-order valence-electron chi connectivity index (χ4n) is 14.8. The molecular weight excluding hydrogens is 1630 g/mol. The molecule has 6 aromatic carbocycles. The van der Waals surface area contributed by atoms with E-state index in [-0.39, 0.29) is 46.1 Å². The lowest BCUT2D eigenvalue weighted by molar-refractivity contribution is -0.333. The molecule has 0 saturated carbocycles. The molecule has 6 aromatic rings. The second-order valence-electron chi connectivity index (χ2n) is 29.9. The molecule has 13 rings (SSSR count). The van der Waals surface area contributed by atoms with Gasteiger partial charge in [-0.1, -0.05) is 85.6 Å². The van der Waals surface area contributed by atoms with Crippen molar-refractivity contribution in [2.45, 2.75) is 182 Å².